The molecule has 1 fully saturated rings. The smallest absolute Gasteiger partial charge is 0.256 e. The topological polar surface area (TPSA) is 46.9 Å². The number of hydrogen-bond donors (Lipinski definition) is 1. The molecule has 1 unspecified atom stereocenters. The highest BCUT2D eigenvalue weighted by Gasteiger charge is 2.30. The number of nitrogens with one attached hydrogen (secondary N) is 1. The number of carbonyl (C=O) groups excluding carboxylic acids is 1. The summed E-state index contributed by atoms with van der Waals surface area (Å²) in [7, 11) is 0. The standard InChI is InChI=1S/C16H18ClN3O/c1-10(12-8-9-12)18-16(21)14-11(2)19-20(15(14)17)13-6-4-3-5-7-13/h3-7,10,12H,8-9H2,1-2H3,(H,18,21). The van der Waals surface area contributed by atoms with Crippen LogP contribution in [0.15, 0.2) is 30.3 Å². The van der Waals surface area contributed by atoms with E-state index in [0.29, 0.717) is 22.3 Å². The van der Waals surface area contributed by atoms with E-state index in [-0.39, 0.29) is 11.9 Å². The Morgan fingerprint density at radius 2 is 2.05 bits per heavy atom. The summed E-state index contributed by atoms with van der Waals surface area (Å²) in [4.78, 5) is 12.4. The van der Waals surface area contributed by atoms with Crippen molar-refractivity contribution in [3.05, 3.63) is 46.7 Å². The van der Waals surface area contributed by atoms with Gasteiger partial charge in [0.25, 0.3) is 5.91 Å². The summed E-state index contributed by atoms with van der Waals surface area (Å²) in [6, 6.07) is 9.76. The zero-order valence-electron chi connectivity index (χ0n) is 12.1. The molecule has 1 heterocycles. The first-order valence-corrected chi connectivity index (χ1v) is 7.57. The minimum absolute atomic E-state index is 0.140. The van der Waals surface area contributed by atoms with E-state index in [1.165, 1.54) is 12.8 Å². The van der Waals surface area contributed by atoms with E-state index >= 15 is 0 Å². The SMILES string of the molecule is Cc1nn(-c2ccccc2)c(Cl)c1C(=O)NC(C)C1CC1. The Hall–Kier alpha value is -1.81. The summed E-state index contributed by atoms with van der Waals surface area (Å²) in [5.41, 5.74) is 1.96. The fourth-order valence-corrected chi connectivity index (χ4v) is 2.85. The third-order valence-electron chi connectivity index (χ3n) is 3.92. The highest BCUT2D eigenvalue weighted by atomic mass is 35.5. The Morgan fingerprint density at radius 3 is 2.67 bits per heavy atom. The summed E-state index contributed by atoms with van der Waals surface area (Å²) in [6.07, 6.45) is 2.38. The van der Waals surface area contributed by atoms with Gasteiger partial charge in [0.15, 0.2) is 0 Å². The fourth-order valence-electron chi connectivity index (χ4n) is 2.49. The predicted molar refractivity (Wildman–Crippen MR) is 83.0 cm³/mol. The molecule has 1 N–H and O–H groups in total. The number of rotatable bonds is 4. The predicted octanol–water partition coefficient (Wildman–Crippen LogP) is 3.36. The lowest BCUT2D eigenvalue weighted by molar-refractivity contribution is 0.0935. The van der Waals surface area contributed by atoms with E-state index < -0.39 is 0 Å². The summed E-state index contributed by atoms with van der Waals surface area (Å²) in [6.45, 7) is 3.85. The van der Waals surface area contributed by atoms with Crippen molar-refractivity contribution >= 4 is 17.5 Å². The summed E-state index contributed by atoms with van der Waals surface area (Å²) < 4.78 is 1.60. The van der Waals surface area contributed by atoms with Crippen molar-refractivity contribution in [3.8, 4) is 5.69 Å². The number of hydrogen-bond acceptors (Lipinski definition) is 2. The molecule has 1 atom stereocenters. The lowest BCUT2D eigenvalue weighted by atomic mass is 10.2. The second-order valence-electron chi connectivity index (χ2n) is 5.60. The molecule has 110 valence electrons. The van der Waals surface area contributed by atoms with E-state index in [1.807, 2.05) is 44.2 Å². The van der Waals surface area contributed by atoms with Crippen LogP contribution >= 0.6 is 11.6 Å². The molecule has 2 aromatic rings. The molecule has 4 nitrogen and oxygen atoms in total. The number of aromatic nitrogens is 2. The van der Waals surface area contributed by atoms with Gasteiger partial charge in [-0.25, -0.2) is 4.68 Å². The molecule has 0 spiro atoms. The van der Waals surface area contributed by atoms with Crippen molar-refractivity contribution in [3.63, 3.8) is 0 Å². The van der Waals surface area contributed by atoms with Gasteiger partial charge in [-0.1, -0.05) is 29.8 Å². The maximum Gasteiger partial charge on any atom is 0.256 e. The normalized spacial score (nSPS) is 15.8. The molecule has 1 aromatic heterocycles. The monoisotopic (exact) mass is 303 g/mol. The van der Waals surface area contributed by atoms with Gasteiger partial charge < -0.3 is 5.32 Å². The third-order valence-corrected chi connectivity index (χ3v) is 4.27. The highest BCUT2D eigenvalue weighted by molar-refractivity contribution is 6.33. The first kappa shape index (κ1) is 14.1. The number of carbonyl (C=O) groups is 1. The van der Waals surface area contributed by atoms with Crippen LogP contribution in [0.25, 0.3) is 5.69 Å². The summed E-state index contributed by atoms with van der Waals surface area (Å²) >= 11 is 6.38. The minimum Gasteiger partial charge on any atom is -0.349 e. The van der Waals surface area contributed by atoms with Gasteiger partial charge in [-0.2, -0.15) is 5.10 Å². The van der Waals surface area contributed by atoms with E-state index in [0.717, 1.165) is 5.69 Å². The molecule has 0 radical (unpaired) electrons. The van der Waals surface area contributed by atoms with Crippen molar-refractivity contribution in [2.45, 2.75) is 32.7 Å². The number of aryl methyl sites for hydroxylation is 1. The third kappa shape index (κ3) is 2.81. The molecule has 5 heteroatoms. The average Bonchev–Trinajstić information content (AvgIpc) is 3.26. The number of benzene rings is 1. The molecule has 21 heavy (non-hydrogen) atoms. The maximum atomic E-state index is 12.4. The minimum atomic E-state index is -0.140. The molecular formula is C16H18ClN3O. The second kappa shape index (κ2) is 5.53. The number of amides is 1. The van der Waals surface area contributed by atoms with Crippen molar-refractivity contribution in [1.29, 1.82) is 0 Å². The van der Waals surface area contributed by atoms with Crippen LogP contribution in [0.5, 0.6) is 0 Å². The van der Waals surface area contributed by atoms with Crippen LogP contribution in [0.2, 0.25) is 5.15 Å². The van der Waals surface area contributed by atoms with Gasteiger partial charge in [0, 0.05) is 6.04 Å². The first-order chi connectivity index (χ1) is 10.1. The molecule has 0 saturated heterocycles. The molecule has 1 amide bonds. The Bertz CT molecular complexity index is 662. The van der Waals surface area contributed by atoms with Crippen LogP contribution in [-0.4, -0.2) is 21.7 Å². The van der Waals surface area contributed by atoms with Gasteiger partial charge in [-0.05, 0) is 44.7 Å². The summed E-state index contributed by atoms with van der Waals surface area (Å²) in [5.74, 6) is 0.469. The Balaban J connectivity index is 1.89. The number of halogens is 1. The van der Waals surface area contributed by atoms with Crippen molar-refractivity contribution < 1.29 is 4.79 Å². The average molecular weight is 304 g/mol. The molecule has 1 saturated carbocycles. The van der Waals surface area contributed by atoms with E-state index in [2.05, 4.69) is 10.4 Å². The molecular weight excluding hydrogens is 286 g/mol. The maximum absolute atomic E-state index is 12.4. The van der Waals surface area contributed by atoms with Crippen LogP contribution in [-0.2, 0) is 0 Å². The van der Waals surface area contributed by atoms with Crippen LogP contribution in [0.4, 0.5) is 0 Å². The molecule has 0 bridgehead atoms. The quantitative estimate of drug-likeness (QED) is 0.941. The van der Waals surface area contributed by atoms with E-state index in [9.17, 15) is 4.79 Å². The lowest BCUT2D eigenvalue weighted by Crippen LogP contribution is -2.34. The second-order valence-corrected chi connectivity index (χ2v) is 5.96. The van der Waals surface area contributed by atoms with Gasteiger partial charge in [0.2, 0.25) is 0 Å². The van der Waals surface area contributed by atoms with Gasteiger partial charge >= 0.3 is 0 Å². The number of nitrogens with zero attached hydrogens (tertiary/aromatic N) is 2. The first-order valence-electron chi connectivity index (χ1n) is 7.19. The molecule has 1 aromatic carbocycles. The molecule has 3 rings (SSSR count). The van der Waals surface area contributed by atoms with E-state index in [1.54, 1.807) is 4.68 Å². The van der Waals surface area contributed by atoms with E-state index in [4.69, 9.17) is 11.6 Å². The Kier molecular flexibility index (Phi) is 3.72. The molecule has 1 aliphatic rings. The van der Waals surface area contributed by atoms with Crippen LogP contribution in [0, 0.1) is 12.8 Å². The largest absolute Gasteiger partial charge is 0.349 e. The van der Waals surface area contributed by atoms with Gasteiger partial charge in [0.1, 0.15) is 5.15 Å². The number of para-hydroxylation sites is 1. The van der Waals surface area contributed by atoms with Crippen LogP contribution in [0.1, 0.15) is 35.8 Å². The highest BCUT2D eigenvalue weighted by Crippen LogP contribution is 2.32. The van der Waals surface area contributed by atoms with Crippen molar-refractivity contribution in [2.75, 3.05) is 0 Å². The fraction of sp³-hybridized carbons (Fsp3) is 0.375. The van der Waals surface area contributed by atoms with Crippen LogP contribution in [0.3, 0.4) is 0 Å². The van der Waals surface area contributed by atoms with Gasteiger partial charge in [0.05, 0.1) is 16.9 Å². The van der Waals surface area contributed by atoms with Crippen molar-refractivity contribution in [2.24, 2.45) is 5.92 Å². The van der Waals surface area contributed by atoms with Crippen LogP contribution < -0.4 is 5.32 Å². The van der Waals surface area contributed by atoms with Crippen molar-refractivity contribution in [1.82, 2.24) is 15.1 Å². The van der Waals surface area contributed by atoms with Gasteiger partial charge in [-0.15, -0.1) is 0 Å². The zero-order chi connectivity index (χ0) is 15.0. The zero-order valence-corrected chi connectivity index (χ0v) is 12.9. The molecule has 1 aliphatic carbocycles. The lowest BCUT2D eigenvalue weighted by Gasteiger charge is -2.12. The Labute approximate surface area is 129 Å². The summed E-state index contributed by atoms with van der Waals surface area (Å²) in [5, 5.41) is 7.78. The Morgan fingerprint density at radius 1 is 1.38 bits per heavy atom. The molecule has 0 aliphatic heterocycles. The van der Waals surface area contributed by atoms with Gasteiger partial charge in [-0.3, -0.25) is 4.79 Å².